The molecule has 3 aromatic carbocycles. The summed E-state index contributed by atoms with van der Waals surface area (Å²) in [6.07, 6.45) is 0. The van der Waals surface area contributed by atoms with Crippen LogP contribution in [0.3, 0.4) is 0 Å². The molecular weight excluding hydrogens is 379 g/mol. The highest BCUT2D eigenvalue weighted by molar-refractivity contribution is 5.99. The van der Waals surface area contributed by atoms with Gasteiger partial charge in [0.05, 0.1) is 19.3 Å². The van der Waals surface area contributed by atoms with Gasteiger partial charge in [-0.25, -0.2) is 4.39 Å². The minimum Gasteiger partial charge on any atom is -0.378 e. The zero-order valence-corrected chi connectivity index (χ0v) is 17.1. The molecule has 2 aliphatic rings. The minimum absolute atomic E-state index is 0.0789. The summed E-state index contributed by atoms with van der Waals surface area (Å²) in [4.78, 5) is 17.4. The molecule has 0 radical (unpaired) electrons. The number of aryl methyl sites for hydroxylation is 1. The molecule has 2 saturated heterocycles. The second-order valence-corrected chi connectivity index (χ2v) is 8.28. The Bertz CT molecular complexity index is 1100. The van der Waals surface area contributed by atoms with Gasteiger partial charge in [-0.05, 0) is 53.6 Å². The molecule has 0 unspecified atom stereocenters. The molecule has 0 bridgehead atoms. The first-order valence-electron chi connectivity index (χ1n) is 10.5. The zero-order valence-electron chi connectivity index (χ0n) is 17.1. The van der Waals surface area contributed by atoms with Crippen LogP contribution in [0.5, 0.6) is 0 Å². The number of ether oxygens (including phenoxy) is 1. The number of halogens is 1. The minimum atomic E-state index is -0.223. The normalized spacial score (nSPS) is 17.9. The number of benzene rings is 3. The molecule has 0 atom stereocenters. The van der Waals surface area contributed by atoms with E-state index in [9.17, 15) is 9.18 Å². The van der Waals surface area contributed by atoms with Crippen molar-refractivity contribution in [2.75, 3.05) is 39.4 Å². The Morgan fingerprint density at radius 1 is 0.933 bits per heavy atom. The average Bonchev–Trinajstić information content (AvgIpc) is 2.73. The predicted octanol–water partition coefficient (Wildman–Crippen LogP) is 4.11. The summed E-state index contributed by atoms with van der Waals surface area (Å²) in [5, 5.41) is 1.99. The Labute approximate surface area is 175 Å². The van der Waals surface area contributed by atoms with Crippen LogP contribution in [0.4, 0.5) is 4.39 Å². The number of carbonyl (C=O) groups is 1. The van der Waals surface area contributed by atoms with Crippen LogP contribution in [0.1, 0.15) is 15.9 Å². The number of amides is 1. The van der Waals surface area contributed by atoms with Crippen LogP contribution in [0, 0.1) is 12.7 Å². The average molecular weight is 404 g/mol. The molecule has 1 amide bonds. The van der Waals surface area contributed by atoms with Crippen molar-refractivity contribution < 1.29 is 13.9 Å². The fraction of sp³-hybridized carbons (Fsp3) is 0.320. The monoisotopic (exact) mass is 404 g/mol. The zero-order chi connectivity index (χ0) is 20.7. The smallest absolute Gasteiger partial charge is 0.253 e. The number of rotatable bonds is 3. The molecule has 0 aromatic heterocycles. The van der Waals surface area contributed by atoms with E-state index in [1.165, 1.54) is 6.07 Å². The summed E-state index contributed by atoms with van der Waals surface area (Å²) >= 11 is 0. The quantitative estimate of drug-likeness (QED) is 0.659. The summed E-state index contributed by atoms with van der Waals surface area (Å²) in [6.45, 7) is 6.89. The van der Waals surface area contributed by atoms with Crippen LogP contribution in [0.25, 0.3) is 21.9 Å². The van der Waals surface area contributed by atoms with E-state index in [2.05, 4.69) is 4.90 Å². The Balaban J connectivity index is 1.35. The van der Waals surface area contributed by atoms with Gasteiger partial charge in [0.25, 0.3) is 5.91 Å². The number of fused-ring (bicyclic) bond motifs is 1. The highest BCUT2D eigenvalue weighted by Crippen LogP contribution is 2.28. The third-order valence-corrected chi connectivity index (χ3v) is 6.26. The SMILES string of the molecule is Cc1ccc(F)c(-c2ccc3cc(C(=O)N4CCN(C5COC5)CC4)ccc3c2)c1. The maximum atomic E-state index is 14.3. The summed E-state index contributed by atoms with van der Waals surface area (Å²) in [5.41, 5.74) is 3.18. The molecule has 5 heteroatoms. The molecule has 154 valence electrons. The molecule has 2 heterocycles. The van der Waals surface area contributed by atoms with Gasteiger partial charge in [-0.1, -0.05) is 29.8 Å². The number of carbonyl (C=O) groups excluding carboxylic acids is 1. The van der Waals surface area contributed by atoms with E-state index in [-0.39, 0.29) is 11.7 Å². The van der Waals surface area contributed by atoms with Crippen LogP contribution < -0.4 is 0 Å². The Morgan fingerprint density at radius 3 is 2.40 bits per heavy atom. The molecular formula is C25H25FN2O2. The lowest BCUT2D eigenvalue weighted by Gasteiger charge is -2.42. The largest absolute Gasteiger partial charge is 0.378 e. The van der Waals surface area contributed by atoms with Gasteiger partial charge in [0.15, 0.2) is 0 Å². The molecule has 0 aliphatic carbocycles. The van der Waals surface area contributed by atoms with Gasteiger partial charge >= 0.3 is 0 Å². The highest BCUT2D eigenvalue weighted by Gasteiger charge is 2.30. The van der Waals surface area contributed by atoms with E-state index < -0.39 is 0 Å². The molecule has 4 nitrogen and oxygen atoms in total. The molecule has 2 fully saturated rings. The van der Waals surface area contributed by atoms with Gasteiger partial charge in [-0.15, -0.1) is 0 Å². The predicted molar refractivity (Wildman–Crippen MR) is 116 cm³/mol. The van der Waals surface area contributed by atoms with Crippen molar-refractivity contribution in [2.45, 2.75) is 13.0 Å². The van der Waals surface area contributed by atoms with Gasteiger partial charge < -0.3 is 9.64 Å². The summed E-state index contributed by atoms with van der Waals surface area (Å²) in [6, 6.07) is 17.3. The third kappa shape index (κ3) is 3.59. The Morgan fingerprint density at radius 2 is 1.67 bits per heavy atom. The first-order valence-corrected chi connectivity index (χ1v) is 10.5. The van der Waals surface area contributed by atoms with Crippen LogP contribution in [0.2, 0.25) is 0 Å². The molecule has 0 spiro atoms. The first-order chi connectivity index (χ1) is 14.6. The molecule has 0 saturated carbocycles. The lowest BCUT2D eigenvalue weighted by atomic mass is 9.98. The lowest BCUT2D eigenvalue weighted by Crippen LogP contribution is -2.57. The second-order valence-electron chi connectivity index (χ2n) is 8.28. The number of piperazine rings is 1. The fourth-order valence-electron chi connectivity index (χ4n) is 4.31. The third-order valence-electron chi connectivity index (χ3n) is 6.26. The van der Waals surface area contributed by atoms with Crippen molar-refractivity contribution in [3.63, 3.8) is 0 Å². The Kier molecular flexibility index (Phi) is 5.01. The summed E-state index contributed by atoms with van der Waals surface area (Å²) < 4.78 is 19.6. The van der Waals surface area contributed by atoms with Gasteiger partial charge in [0.2, 0.25) is 0 Å². The maximum Gasteiger partial charge on any atom is 0.253 e. The number of hydrogen-bond acceptors (Lipinski definition) is 3. The molecule has 30 heavy (non-hydrogen) atoms. The topological polar surface area (TPSA) is 32.8 Å². The van der Waals surface area contributed by atoms with Gasteiger partial charge in [0.1, 0.15) is 5.82 Å². The maximum absolute atomic E-state index is 14.3. The van der Waals surface area contributed by atoms with Crippen molar-refractivity contribution in [1.82, 2.24) is 9.80 Å². The molecule has 2 aliphatic heterocycles. The van der Waals surface area contributed by atoms with E-state index in [1.54, 1.807) is 6.07 Å². The van der Waals surface area contributed by atoms with E-state index in [0.29, 0.717) is 17.2 Å². The first kappa shape index (κ1) is 19.2. The summed E-state index contributed by atoms with van der Waals surface area (Å²) in [5.74, 6) is -0.144. The van der Waals surface area contributed by atoms with Crippen molar-refractivity contribution in [2.24, 2.45) is 0 Å². The van der Waals surface area contributed by atoms with Gasteiger partial charge in [-0.2, -0.15) is 0 Å². The molecule has 3 aromatic rings. The second kappa shape index (κ2) is 7.82. The van der Waals surface area contributed by atoms with Crippen molar-refractivity contribution >= 4 is 16.7 Å². The van der Waals surface area contributed by atoms with Crippen LogP contribution in [-0.4, -0.2) is 61.1 Å². The molecule has 0 N–H and O–H groups in total. The Hall–Kier alpha value is -2.76. The van der Waals surface area contributed by atoms with E-state index >= 15 is 0 Å². The van der Waals surface area contributed by atoms with Crippen LogP contribution in [0.15, 0.2) is 54.6 Å². The lowest BCUT2D eigenvalue weighted by molar-refractivity contribution is -0.0746. The van der Waals surface area contributed by atoms with Gasteiger partial charge in [0, 0.05) is 37.3 Å². The van der Waals surface area contributed by atoms with Crippen LogP contribution in [-0.2, 0) is 4.74 Å². The van der Waals surface area contributed by atoms with E-state index in [1.807, 2.05) is 54.3 Å². The highest BCUT2D eigenvalue weighted by atomic mass is 19.1. The summed E-state index contributed by atoms with van der Waals surface area (Å²) in [7, 11) is 0. The number of nitrogens with zero attached hydrogens (tertiary/aromatic N) is 2. The van der Waals surface area contributed by atoms with Crippen molar-refractivity contribution in [3.05, 3.63) is 71.5 Å². The van der Waals surface area contributed by atoms with Crippen molar-refractivity contribution in [3.8, 4) is 11.1 Å². The van der Waals surface area contributed by atoms with E-state index in [0.717, 1.165) is 61.3 Å². The van der Waals surface area contributed by atoms with Crippen molar-refractivity contribution in [1.29, 1.82) is 0 Å². The standard InChI is InChI=1S/C25H25FN2O2/c1-17-2-7-24(26)23(12-17)20-5-3-19-14-21(6-4-18(19)13-20)25(29)28-10-8-27(9-11-28)22-15-30-16-22/h2-7,12-14,22H,8-11,15-16H2,1H3. The molecule has 5 rings (SSSR count). The van der Waals surface area contributed by atoms with Crippen LogP contribution >= 0.6 is 0 Å². The number of hydrogen-bond donors (Lipinski definition) is 0. The van der Waals surface area contributed by atoms with Gasteiger partial charge in [-0.3, -0.25) is 9.69 Å². The fourth-order valence-corrected chi connectivity index (χ4v) is 4.31. The van der Waals surface area contributed by atoms with E-state index in [4.69, 9.17) is 4.74 Å².